The minimum absolute atomic E-state index is 0.185. The van der Waals surface area contributed by atoms with E-state index in [1.54, 1.807) is 0 Å². The summed E-state index contributed by atoms with van der Waals surface area (Å²) < 4.78 is 66.7. The van der Waals surface area contributed by atoms with Crippen molar-refractivity contribution < 1.29 is 26.3 Å². The maximum absolute atomic E-state index is 12.3. The lowest BCUT2D eigenvalue weighted by Gasteiger charge is -2.13. The number of hydrogen-bond donors (Lipinski definition) is 2. The Kier molecular flexibility index (Phi) is 4.19. The maximum Gasteiger partial charge on any atom is 0.573 e. The molecule has 2 aromatic rings. The first-order valence-electron chi connectivity index (χ1n) is 5.61. The number of aromatic nitrogens is 2. The van der Waals surface area contributed by atoms with Gasteiger partial charge in [-0.05, 0) is 12.1 Å². The molecule has 1 heterocycles. The quantitative estimate of drug-likeness (QED) is 0.879. The van der Waals surface area contributed by atoms with Crippen molar-refractivity contribution in [3.63, 3.8) is 0 Å². The number of nitrogens with zero attached hydrogens (tertiary/aromatic N) is 1. The van der Waals surface area contributed by atoms with Crippen molar-refractivity contribution in [3.05, 3.63) is 42.5 Å². The predicted octanol–water partition coefficient (Wildman–Crippen LogP) is 1.79. The van der Waals surface area contributed by atoms with Crippen molar-refractivity contribution in [2.24, 2.45) is 0 Å². The molecule has 0 radical (unpaired) electrons. The molecule has 0 bridgehead atoms. The van der Waals surface area contributed by atoms with Crippen LogP contribution in [0.5, 0.6) is 5.75 Å². The first kappa shape index (κ1) is 15.3. The molecule has 1 aromatic carbocycles. The standard InChI is InChI=1S/C11H10F3N3O3S/c12-11(13,14)20-8-3-1-2-4-9(8)21(18,19)17-7-10-15-5-6-16-10/h1-6,17H,7H2,(H,15,16). The average molecular weight is 321 g/mol. The Morgan fingerprint density at radius 1 is 1.29 bits per heavy atom. The van der Waals surface area contributed by atoms with E-state index in [0.29, 0.717) is 5.82 Å². The van der Waals surface area contributed by atoms with Crippen LogP contribution in [0.3, 0.4) is 0 Å². The van der Waals surface area contributed by atoms with E-state index in [1.807, 2.05) is 0 Å². The zero-order valence-corrected chi connectivity index (χ0v) is 11.2. The number of sulfonamides is 1. The van der Waals surface area contributed by atoms with Gasteiger partial charge in [0.2, 0.25) is 10.0 Å². The molecule has 0 aliphatic heterocycles. The highest BCUT2D eigenvalue weighted by molar-refractivity contribution is 7.89. The molecular weight excluding hydrogens is 311 g/mol. The van der Waals surface area contributed by atoms with Crippen molar-refractivity contribution >= 4 is 10.0 Å². The van der Waals surface area contributed by atoms with E-state index in [9.17, 15) is 21.6 Å². The lowest BCUT2D eigenvalue weighted by molar-refractivity contribution is -0.275. The smallest absolute Gasteiger partial charge is 0.404 e. The van der Waals surface area contributed by atoms with E-state index < -0.39 is 27.0 Å². The van der Waals surface area contributed by atoms with Gasteiger partial charge in [-0.3, -0.25) is 0 Å². The first-order chi connectivity index (χ1) is 9.78. The van der Waals surface area contributed by atoms with E-state index in [1.165, 1.54) is 24.5 Å². The lowest BCUT2D eigenvalue weighted by Crippen LogP contribution is -2.26. The third-order valence-corrected chi connectivity index (χ3v) is 3.79. The second-order valence-electron chi connectivity index (χ2n) is 3.85. The number of para-hydroxylation sites is 1. The van der Waals surface area contributed by atoms with Gasteiger partial charge in [-0.2, -0.15) is 0 Å². The molecule has 2 rings (SSSR count). The van der Waals surface area contributed by atoms with E-state index in [0.717, 1.165) is 12.1 Å². The zero-order valence-electron chi connectivity index (χ0n) is 10.4. The topological polar surface area (TPSA) is 84.1 Å². The van der Waals surface area contributed by atoms with Gasteiger partial charge >= 0.3 is 6.36 Å². The Morgan fingerprint density at radius 2 is 2.00 bits per heavy atom. The summed E-state index contributed by atoms with van der Waals surface area (Å²) in [5.41, 5.74) is 0. The fourth-order valence-electron chi connectivity index (χ4n) is 1.52. The fourth-order valence-corrected chi connectivity index (χ4v) is 2.63. The Hall–Kier alpha value is -2.07. The number of imidazole rings is 1. The number of alkyl halides is 3. The van der Waals surface area contributed by atoms with Crippen molar-refractivity contribution in [2.75, 3.05) is 0 Å². The molecule has 10 heteroatoms. The largest absolute Gasteiger partial charge is 0.573 e. The predicted molar refractivity (Wildman–Crippen MR) is 65.7 cm³/mol. The summed E-state index contributed by atoms with van der Waals surface area (Å²) in [7, 11) is -4.17. The molecule has 0 unspecified atom stereocenters. The molecule has 0 fully saturated rings. The van der Waals surface area contributed by atoms with Gasteiger partial charge in [0.25, 0.3) is 0 Å². The van der Waals surface area contributed by atoms with E-state index in [4.69, 9.17) is 0 Å². The van der Waals surface area contributed by atoms with E-state index in [-0.39, 0.29) is 6.54 Å². The van der Waals surface area contributed by atoms with Crippen LogP contribution in [-0.2, 0) is 16.6 Å². The number of ether oxygens (including phenoxy) is 1. The summed E-state index contributed by atoms with van der Waals surface area (Å²) >= 11 is 0. The highest BCUT2D eigenvalue weighted by Gasteiger charge is 2.33. The first-order valence-corrected chi connectivity index (χ1v) is 7.09. The number of benzene rings is 1. The van der Waals surface area contributed by atoms with Crippen LogP contribution in [0, 0.1) is 0 Å². The molecule has 0 atom stereocenters. The summed E-state index contributed by atoms with van der Waals surface area (Å²) in [6, 6.07) is 4.48. The van der Waals surface area contributed by atoms with Crippen LogP contribution in [0.1, 0.15) is 5.82 Å². The van der Waals surface area contributed by atoms with Crippen molar-refractivity contribution in [1.29, 1.82) is 0 Å². The van der Waals surface area contributed by atoms with Crippen LogP contribution in [0.4, 0.5) is 13.2 Å². The van der Waals surface area contributed by atoms with Crippen LogP contribution in [0.2, 0.25) is 0 Å². The van der Waals surface area contributed by atoms with Gasteiger partial charge in [-0.25, -0.2) is 18.1 Å². The van der Waals surface area contributed by atoms with Gasteiger partial charge in [-0.1, -0.05) is 12.1 Å². The number of H-pyrrole nitrogens is 1. The fraction of sp³-hybridized carbons (Fsp3) is 0.182. The second-order valence-corrected chi connectivity index (χ2v) is 5.59. The number of hydrogen-bond acceptors (Lipinski definition) is 4. The van der Waals surface area contributed by atoms with Gasteiger partial charge < -0.3 is 9.72 Å². The summed E-state index contributed by atoms with van der Waals surface area (Å²) in [5, 5.41) is 0. The van der Waals surface area contributed by atoms with Gasteiger partial charge in [0.1, 0.15) is 16.5 Å². The van der Waals surface area contributed by atoms with Crippen LogP contribution in [0.25, 0.3) is 0 Å². The Bertz CT molecular complexity index is 699. The molecule has 0 spiro atoms. The molecule has 6 nitrogen and oxygen atoms in total. The molecule has 0 aliphatic carbocycles. The molecule has 114 valence electrons. The number of nitrogens with one attached hydrogen (secondary N) is 2. The average Bonchev–Trinajstić information content (AvgIpc) is 2.88. The van der Waals surface area contributed by atoms with Crippen LogP contribution >= 0.6 is 0 Å². The maximum atomic E-state index is 12.3. The number of rotatable bonds is 5. The van der Waals surface area contributed by atoms with Crippen LogP contribution in [-0.4, -0.2) is 24.7 Å². The monoisotopic (exact) mass is 321 g/mol. The number of halogens is 3. The highest BCUT2D eigenvalue weighted by Crippen LogP contribution is 2.29. The number of aromatic amines is 1. The van der Waals surface area contributed by atoms with Crippen molar-refractivity contribution in [2.45, 2.75) is 17.8 Å². The summed E-state index contributed by atoms with van der Waals surface area (Å²) in [6.45, 7) is -0.185. The normalized spacial score (nSPS) is 12.3. The minimum atomic E-state index is -4.98. The minimum Gasteiger partial charge on any atom is -0.404 e. The SMILES string of the molecule is O=S(=O)(NCc1ncc[nH]1)c1ccccc1OC(F)(F)F. The molecule has 21 heavy (non-hydrogen) atoms. The van der Waals surface area contributed by atoms with Gasteiger partial charge in [0.15, 0.2) is 0 Å². The highest BCUT2D eigenvalue weighted by atomic mass is 32.2. The molecule has 1 aromatic heterocycles. The van der Waals surface area contributed by atoms with Crippen molar-refractivity contribution in [1.82, 2.24) is 14.7 Å². The molecule has 0 amide bonds. The lowest BCUT2D eigenvalue weighted by atomic mass is 10.3. The second kappa shape index (κ2) is 5.74. The molecule has 0 aliphatic rings. The van der Waals surface area contributed by atoms with Gasteiger partial charge in [-0.15, -0.1) is 13.2 Å². The summed E-state index contributed by atoms with van der Waals surface area (Å²) in [6.07, 6.45) is -2.07. The molecule has 0 saturated heterocycles. The van der Waals surface area contributed by atoms with E-state index in [2.05, 4.69) is 19.4 Å². The van der Waals surface area contributed by atoms with E-state index >= 15 is 0 Å². The van der Waals surface area contributed by atoms with Crippen LogP contribution in [0.15, 0.2) is 41.6 Å². The zero-order chi connectivity index (χ0) is 15.5. The van der Waals surface area contributed by atoms with Gasteiger partial charge in [0, 0.05) is 12.4 Å². The third kappa shape index (κ3) is 4.20. The van der Waals surface area contributed by atoms with Crippen LogP contribution < -0.4 is 9.46 Å². The van der Waals surface area contributed by atoms with Gasteiger partial charge in [0.05, 0.1) is 6.54 Å². The Balaban J connectivity index is 2.23. The van der Waals surface area contributed by atoms with Crippen molar-refractivity contribution in [3.8, 4) is 5.75 Å². The summed E-state index contributed by atoms with van der Waals surface area (Å²) in [4.78, 5) is 5.86. The molecule has 0 saturated carbocycles. The summed E-state index contributed by atoms with van der Waals surface area (Å²) in [5.74, 6) is -0.468. The molecular formula is C11H10F3N3O3S. The molecule has 2 N–H and O–H groups in total. The third-order valence-electron chi connectivity index (χ3n) is 2.35. The Morgan fingerprint density at radius 3 is 2.62 bits per heavy atom. The Labute approximate surface area is 118 Å².